The fourth-order valence-electron chi connectivity index (χ4n) is 1.58. The molecule has 0 bridgehead atoms. The van der Waals surface area contributed by atoms with Crippen molar-refractivity contribution in [3.63, 3.8) is 0 Å². The summed E-state index contributed by atoms with van der Waals surface area (Å²) in [7, 11) is 1.52. The van der Waals surface area contributed by atoms with Gasteiger partial charge >= 0.3 is 5.97 Å². The van der Waals surface area contributed by atoms with Crippen LogP contribution in [0.2, 0.25) is 0 Å². The lowest BCUT2D eigenvalue weighted by Gasteiger charge is -2.05. The van der Waals surface area contributed by atoms with Crippen LogP contribution in [0.3, 0.4) is 0 Å². The summed E-state index contributed by atoms with van der Waals surface area (Å²) in [5.41, 5.74) is 0.621. The van der Waals surface area contributed by atoms with Gasteiger partial charge < -0.3 is 14.8 Å². The first-order chi connectivity index (χ1) is 10.1. The van der Waals surface area contributed by atoms with Gasteiger partial charge in [-0.3, -0.25) is 4.79 Å². The van der Waals surface area contributed by atoms with Crippen LogP contribution in [0.5, 0.6) is 0 Å². The standard InChI is InChI=1S/C13H22N4O4/c1-4-5-6-14-11(18)9-17-10(2)12(15-16-17)13(19)21-8-7-20-3/h4-9H2,1-3H3,(H,14,18). The summed E-state index contributed by atoms with van der Waals surface area (Å²) in [4.78, 5) is 23.5. The summed E-state index contributed by atoms with van der Waals surface area (Å²) in [6.07, 6.45) is 1.94. The molecule has 0 aliphatic carbocycles. The van der Waals surface area contributed by atoms with Crippen molar-refractivity contribution in [2.45, 2.75) is 33.2 Å². The molecule has 0 spiro atoms. The van der Waals surface area contributed by atoms with Gasteiger partial charge in [-0.2, -0.15) is 0 Å². The van der Waals surface area contributed by atoms with E-state index in [1.807, 2.05) is 0 Å². The number of aromatic nitrogens is 3. The monoisotopic (exact) mass is 298 g/mol. The molecule has 1 amide bonds. The Bertz CT molecular complexity index is 473. The molecule has 0 saturated carbocycles. The van der Waals surface area contributed by atoms with E-state index in [0.717, 1.165) is 12.8 Å². The molecule has 21 heavy (non-hydrogen) atoms. The minimum absolute atomic E-state index is 0.0356. The number of nitrogens with one attached hydrogen (secondary N) is 1. The Balaban J connectivity index is 2.54. The summed E-state index contributed by atoms with van der Waals surface area (Å²) in [6, 6.07) is 0. The van der Waals surface area contributed by atoms with Gasteiger partial charge in [0.2, 0.25) is 5.91 Å². The number of carbonyl (C=O) groups excluding carboxylic acids is 2. The second kappa shape index (κ2) is 9.06. The first kappa shape index (κ1) is 17.1. The second-order valence-electron chi connectivity index (χ2n) is 4.51. The molecule has 118 valence electrons. The largest absolute Gasteiger partial charge is 0.458 e. The maximum absolute atomic E-state index is 11.8. The minimum Gasteiger partial charge on any atom is -0.458 e. The van der Waals surface area contributed by atoms with E-state index in [0.29, 0.717) is 18.8 Å². The Labute approximate surface area is 123 Å². The minimum atomic E-state index is -0.567. The molecule has 0 unspecified atom stereocenters. The molecular weight excluding hydrogens is 276 g/mol. The maximum atomic E-state index is 11.8. The van der Waals surface area contributed by atoms with Crippen LogP contribution in [0.4, 0.5) is 0 Å². The Morgan fingerprint density at radius 1 is 1.33 bits per heavy atom. The second-order valence-corrected chi connectivity index (χ2v) is 4.51. The van der Waals surface area contributed by atoms with Gasteiger partial charge in [-0.1, -0.05) is 18.6 Å². The van der Waals surface area contributed by atoms with Crippen LogP contribution in [0.25, 0.3) is 0 Å². The lowest BCUT2D eigenvalue weighted by atomic mass is 10.3. The number of unbranched alkanes of at least 4 members (excludes halogenated alkanes) is 1. The van der Waals surface area contributed by atoms with Crippen LogP contribution in [0.15, 0.2) is 0 Å². The smallest absolute Gasteiger partial charge is 0.360 e. The van der Waals surface area contributed by atoms with E-state index in [1.54, 1.807) is 6.92 Å². The number of nitrogens with zero attached hydrogens (tertiary/aromatic N) is 3. The molecule has 1 aromatic rings. The van der Waals surface area contributed by atoms with Crippen LogP contribution in [-0.4, -0.2) is 53.7 Å². The first-order valence-corrected chi connectivity index (χ1v) is 6.93. The van der Waals surface area contributed by atoms with Gasteiger partial charge in [0.05, 0.1) is 12.3 Å². The van der Waals surface area contributed by atoms with Crippen molar-refractivity contribution in [3.8, 4) is 0 Å². The molecule has 8 nitrogen and oxygen atoms in total. The van der Waals surface area contributed by atoms with Gasteiger partial charge in [0, 0.05) is 13.7 Å². The van der Waals surface area contributed by atoms with Crippen molar-refractivity contribution in [1.29, 1.82) is 0 Å². The van der Waals surface area contributed by atoms with E-state index in [4.69, 9.17) is 9.47 Å². The number of carbonyl (C=O) groups is 2. The quantitative estimate of drug-likeness (QED) is 0.520. The third kappa shape index (κ3) is 5.50. The Morgan fingerprint density at radius 3 is 2.76 bits per heavy atom. The highest BCUT2D eigenvalue weighted by molar-refractivity contribution is 5.88. The predicted molar refractivity (Wildman–Crippen MR) is 74.8 cm³/mol. The zero-order chi connectivity index (χ0) is 15.7. The molecule has 1 N–H and O–H groups in total. The predicted octanol–water partition coefficient (Wildman–Crippen LogP) is 0.306. The van der Waals surface area contributed by atoms with Crippen molar-refractivity contribution in [2.75, 3.05) is 26.9 Å². The third-order valence-corrected chi connectivity index (χ3v) is 2.84. The van der Waals surface area contributed by atoms with E-state index >= 15 is 0 Å². The normalized spacial score (nSPS) is 10.4. The molecule has 8 heteroatoms. The fourth-order valence-corrected chi connectivity index (χ4v) is 1.58. The van der Waals surface area contributed by atoms with Gasteiger partial charge in [-0.05, 0) is 13.3 Å². The van der Waals surface area contributed by atoms with Gasteiger partial charge in [0.25, 0.3) is 0 Å². The molecule has 0 aliphatic heterocycles. The van der Waals surface area contributed by atoms with Gasteiger partial charge in [-0.15, -0.1) is 5.10 Å². The van der Waals surface area contributed by atoms with E-state index in [9.17, 15) is 9.59 Å². The zero-order valence-corrected chi connectivity index (χ0v) is 12.7. The molecular formula is C13H22N4O4. The lowest BCUT2D eigenvalue weighted by molar-refractivity contribution is -0.121. The molecule has 0 atom stereocenters. The highest BCUT2D eigenvalue weighted by Gasteiger charge is 2.18. The molecule has 0 saturated heterocycles. The number of rotatable bonds is 9. The molecule has 1 aromatic heterocycles. The Hall–Kier alpha value is -1.96. The summed E-state index contributed by atoms with van der Waals surface area (Å²) in [5.74, 6) is -0.724. The molecule has 0 fully saturated rings. The molecule has 0 aromatic carbocycles. The van der Waals surface area contributed by atoms with Crippen LogP contribution >= 0.6 is 0 Å². The van der Waals surface area contributed by atoms with Crippen molar-refractivity contribution in [2.24, 2.45) is 0 Å². The molecule has 1 heterocycles. The van der Waals surface area contributed by atoms with Crippen LogP contribution < -0.4 is 5.32 Å². The highest BCUT2D eigenvalue weighted by atomic mass is 16.6. The van der Waals surface area contributed by atoms with Crippen LogP contribution in [0.1, 0.15) is 35.9 Å². The van der Waals surface area contributed by atoms with Crippen molar-refractivity contribution in [3.05, 3.63) is 11.4 Å². The summed E-state index contributed by atoms with van der Waals surface area (Å²) in [6.45, 7) is 4.86. The third-order valence-electron chi connectivity index (χ3n) is 2.84. The van der Waals surface area contributed by atoms with Gasteiger partial charge in [0.15, 0.2) is 5.69 Å². The maximum Gasteiger partial charge on any atom is 0.360 e. The van der Waals surface area contributed by atoms with E-state index in [2.05, 4.69) is 22.6 Å². The summed E-state index contributed by atoms with van der Waals surface area (Å²) < 4.78 is 11.1. The topological polar surface area (TPSA) is 95.3 Å². The number of methoxy groups -OCH3 is 1. The number of esters is 1. The highest BCUT2D eigenvalue weighted by Crippen LogP contribution is 2.05. The fraction of sp³-hybridized carbons (Fsp3) is 0.692. The van der Waals surface area contributed by atoms with Gasteiger partial charge in [0.1, 0.15) is 13.2 Å². The van der Waals surface area contributed by atoms with Crippen LogP contribution in [0, 0.1) is 6.92 Å². The SMILES string of the molecule is CCCCNC(=O)Cn1nnc(C(=O)OCCOC)c1C. The number of hydrogen-bond acceptors (Lipinski definition) is 6. The lowest BCUT2D eigenvalue weighted by Crippen LogP contribution is -2.29. The Morgan fingerprint density at radius 2 is 2.10 bits per heavy atom. The zero-order valence-electron chi connectivity index (χ0n) is 12.7. The van der Waals surface area contributed by atoms with Crippen LogP contribution in [-0.2, 0) is 20.8 Å². The average molecular weight is 298 g/mol. The number of hydrogen-bond donors (Lipinski definition) is 1. The molecule has 1 rings (SSSR count). The van der Waals surface area contributed by atoms with E-state index < -0.39 is 5.97 Å². The van der Waals surface area contributed by atoms with Crippen molar-refractivity contribution >= 4 is 11.9 Å². The number of amides is 1. The summed E-state index contributed by atoms with van der Waals surface area (Å²) in [5, 5.41) is 10.3. The average Bonchev–Trinajstić information content (AvgIpc) is 2.81. The number of ether oxygens (including phenoxy) is 2. The Kier molecular flexibility index (Phi) is 7.38. The first-order valence-electron chi connectivity index (χ1n) is 6.93. The van der Waals surface area contributed by atoms with Crippen molar-refractivity contribution < 1.29 is 19.1 Å². The molecule has 0 radical (unpaired) electrons. The van der Waals surface area contributed by atoms with E-state index in [-0.39, 0.29) is 24.8 Å². The summed E-state index contributed by atoms with van der Waals surface area (Å²) >= 11 is 0. The van der Waals surface area contributed by atoms with E-state index in [1.165, 1.54) is 11.8 Å². The van der Waals surface area contributed by atoms with Gasteiger partial charge in [-0.25, -0.2) is 9.48 Å². The van der Waals surface area contributed by atoms with Crippen molar-refractivity contribution in [1.82, 2.24) is 20.3 Å². The molecule has 0 aliphatic rings.